The van der Waals surface area contributed by atoms with Gasteiger partial charge in [0.05, 0.1) is 26.5 Å². The summed E-state index contributed by atoms with van der Waals surface area (Å²) in [6.45, 7) is 1.92. The topological polar surface area (TPSA) is 94.1 Å². The zero-order valence-electron chi connectivity index (χ0n) is 18.4. The highest BCUT2D eigenvalue weighted by atomic mass is 16.5. The van der Waals surface area contributed by atoms with E-state index in [1.807, 2.05) is 56.8 Å². The minimum absolute atomic E-state index is 0.201. The largest absolute Gasteiger partial charge is 0.493 e. The molecule has 164 valence electrons. The van der Waals surface area contributed by atoms with E-state index < -0.39 is 0 Å². The number of nitrogens with one attached hydrogen (secondary N) is 2. The Hall–Kier alpha value is -4.07. The van der Waals surface area contributed by atoms with E-state index in [-0.39, 0.29) is 11.9 Å². The number of benzene rings is 1. The number of fused-ring (bicyclic) bond motifs is 1. The first kappa shape index (κ1) is 21.2. The van der Waals surface area contributed by atoms with Gasteiger partial charge in [-0.3, -0.25) is 9.48 Å². The third kappa shape index (κ3) is 4.20. The number of pyridine rings is 1. The number of hydrogen-bond acceptors (Lipinski definition) is 5. The predicted molar refractivity (Wildman–Crippen MR) is 123 cm³/mol. The molecular formula is C24H25N5O3. The van der Waals surface area contributed by atoms with E-state index in [0.29, 0.717) is 11.5 Å². The Morgan fingerprint density at radius 2 is 2.03 bits per heavy atom. The van der Waals surface area contributed by atoms with Crippen molar-refractivity contribution in [2.24, 2.45) is 7.05 Å². The first-order chi connectivity index (χ1) is 15.5. The Morgan fingerprint density at radius 3 is 2.75 bits per heavy atom. The lowest BCUT2D eigenvalue weighted by molar-refractivity contribution is -0.117. The maximum Gasteiger partial charge on any atom is 0.244 e. The monoisotopic (exact) mass is 431 g/mol. The van der Waals surface area contributed by atoms with Gasteiger partial charge in [0.15, 0.2) is 11.5 Å². The van der Waals surface area contributed by atoms with Crippen molar-refractivity contribution in [3.63, 3.8) is 0 Å². The number of amides is 1. The molecule has 1 aromatic carbocycles. The molecule has 8 nitrogen and oxygen atoms in total. The zero-order valence-corrected chi connectivity index (χ0v) is 18.4. The van der Waals surface area contributed by atoms with Crippen molar-refractivity contribution in [1.29, 1.82) is 0 Å². The van der Waals surface area contributed by atoms with Gasteiger partial charge >= 0.3 is 0 Å². The molecule has 32 heavy (non-hydrogen) atoms. The van der Waals surface area contributed by atoms with Crippen LogP contribution in [0.1, 0.15) is 24.1 Å². The number of aromatic amines is 1. The SMILES string of the molecule is COc1ccc([C@@H](C)NC(=O)/C=C/c2c[nH]c3nccc(-c4cnn(C)c4)c23)cc1OC. The third-order valence-electron chi connectivity index (χ3n) is 5.30. The van der Waals surface area contributed by atoms with Gasteiger partial charge in [0.1, 0.15) is 5.65 Å². The van der Waals surface area contributed by atoms with E-state index in [2.05, 4.69) is 20.4 Å². The minimum Gasteiger partial charge on any atom is -0.493 e. The first-order valence-corrected chi connectivity index (χ1v) is 10.2. The van der Waals surface area contributed by atoms with Crippen LogP contribution >= 0.6 is 0 Å². The van der Waals surface area contributed by atoms with E-state index in [0.717, 1.165) is 33.3 Å². The van der Waals surface area contributed by atoms with Gasteiger partial charge < -0.3 is 19.8 Å². The van der Waals surface area contributed by atoms with E-state index in [4.69, 9.17) is 9.47 Å². The molecule has 0 saturated carbocycles. The lowest BCUT2D eigenvalue weighted by atomic mass is 10.0. The molecule has 1 atom stereocenters. The van der Waals surface area contributed by atoms with Gasteiger partial charge in [-0.1, -0.05) is 6.07 Å². The van der Waals surface area contributed by atoms with Crippen LogP contribution in [-0.2, 0) is 11.8 Å². The van der Waals surface area contributed by atoms with E-state index in [1.54, 1.807) is 31.2 Å². The van der Waals surface area contributed by atoms with Gasteiger partial charge in [-0.15, -0.1) is 0 Å². The zero-order chi connectivity index (χ0) is 22.7. The molecule has 4 aromatic rings. The van der Waals surface area contributed by atoms with Gasteiger partial charge in [0, 0.05) is 48.2 Å². The Bertz CT molecular complexity index is 1290. The van der Waals surface area contributed by atoms with E-state index in [1.165, 1.54) is 6.08 Å². The van der Waals surface area contributed by atoms with Crippen LogP contribution in [0.25, 0.3) is 28.2 Å². The summed E-state index contributed by atoms with van der Waals surface area (Å²) in [5.74, 6) is 1.07. The van der Waals surface area contributed by atoms with Gasteiger partial charge in [0.2, 0.25) is 5.91 Å². The van der Waals surface area contributed by atoms with Crippen molar-refractivity contribution in [2.75, 3.05) is 14.2 Å². The molecule has 0 aliphatic rings. The van der Waals surface area contributed by atoms with E-state index >= 15 is 0 Å². The lowest BCUT2D eigenvalue weighted by Gasteiger charge is -2.15. The number of methoxy groups -OCH3 is 2. The fourth-order valence-electron chi connectivity index (χ4n) is 3.65. The number of carbonyl (C=O) groups excluding carboxylic acids is 1. The molecule has 1 amide bonds. The van der Waals surface area contributed by atoms with Crippen LogP contribution in [0.3, 0.4) is 0 Å². The molecule has 0 radical (unpaired) electrons. The number of H-pyrrole nitrogens is 1. The first-order valence-electron chi connectivity index (χ1n) is 10.2. The quantitative estimate of drug-likeness (QED) is 0.433. The van der Waals surface area contributed by atoms with Crippen LogP contribution in [0, 0.1) is 0 Å². The van der Waals surface area contributed by atoms with Crippen molar-refractivity contribution >= 4 is 23.0 Å². The number of aryl methyl sites for hydroxylation is 1. The molecule has 0 fully saturated rings. The van der Waals surface area contributed by atoms with Crippen molar-refractivity contribution in [1.82, 2.24) is 25.1 Å². The average molecular weight is 431 g/mol. The van der Waals surface area contributed by atoms with Crippen LogP contribution < -0.4 is 14.8 Å². The molecule has 0 aliphatic carbocycles. The van der Waals surface area contributed by atoms with Gasteiger partial charge in [0.25, 0.3) is 0 Å². The maximum absolute atomic E-state index is 12.6. The fourth-order valence-corrected chi connectivity index (χ4v) is 3.65. The molecule has 0 aliphatic heterocycles. The maximum atomic E-state index is 12.6. The molecule has 0 unspecified atom stereocenters. The number of carbonyl (C=O) groups is 1. The Balaban J connectivity index is 1.54. The summed E-state index contributed by atoms with van der Waals surface area (Å²) in [7, 11) is 5.06. The summed E-state index contributed by atoms with van der Waals surface area (Å²) >= 11 is 0. The van der Waals surface area contributed by atoms with Crippen molar-refractivity contribution < 1.29 is 14.3 Å². The smallest absolute Gasteiger partial charge is 0.244 e. The standard InChI is InChI=1S/C24H25N5O3/c1-15(16-5-7-20(31-3)21(11-16)32-4)28-22(30)8-6-17-12-26-24-23(17)19(9-10-25-24)18-13-27-29(2)14-18/h5-15H,1-4H3,(H,25,26)(H,28,30)/b8-6+/t15-/m1/s1. The number of rotatable bonds is 7. The summed E-state index contributed by atoms with van der Waals surface area (Å²) in [5, 5.41) is 8.19. The Morgan fingerprint density at radius 1 is 1.22 bits per heavy atom. The van der Waals surface area contributed by atoms with Gasteiger partial charge in [-0.05, 0) is 42.3 Å². The highest BCUT2D eigenvalue weighted by molar-refractivity contribution is 6.01. The van der Waals surface area contributed by atoms with Crippen molar-refractivity contribution in [3.8, 4) is 22.6 Å². The van der Waals surface area contributed by atoms with Gasteiger partial charge in [-0.2, -0.15) is 5.10 Å². The third-order valence-corrected chi connectivity index (χ3v) is 5.30. The minimum atomic E-state index is -0.206. The number of ether oxygens (including phenoxy) is 2. The molecular weight excluding hydrogens is 406 g/mol. The second-order valence-electron chi connectivity index (χ2n) is 7.41. The normalized spacial score (nSPS) is 12.2. The average Bonchev–Trinajstić information content (AvgIpc) is 3.43. The molecule has 0 saturated heterocycles. The van der Waals surface area contributed by atoms with Crippen LogP contribution in [0.15, 0.2) is 55.1 Å². The summed E-state index contributed by atoms with van der Waals surface area (Å²) in [6.07, 6.45) is 10.7. The van der Waals surface area contributed by atoms with E-state index in [9.17, 15) is 4.79 Å². The lowest BCUT2D eigenvalue weighted by Crippen LogP contribution is -2.24. The summed E-state index contributed by atoms with van der Waals surface area (Å²) in [4.78, 5) is 20.2. The Labute approximate surface area is 185 Å². The molecule has 0 spiro atoms. The molecule has 3 aromatic heterocycles. The highest BCUT2D eigenvalue weighted by Crippen LogP contribution is 2.31. The number of aromatic nitrogens is 4. The molecule has 2 N–H and O–H groups in total. The summed E-state index contributed by atoms with van der Waals surface area (Å²) in [6, 6.07) is 7.33. The summed E-state index contributed by atoms with van der Waals surface area (Å²) in [5.41, 5.74) is 4.54. The summed E-state index contributed by atoms with van der Waals surface area (Å²) < 4.78 is 12.4. The fraction of sp³-hybridized carbons (Fsp3) is 0.208. The number of nitrogens with zero attached hydrogens (tertiary/aromatic N) is 3. The molecule has 0 bridgehead atoms. The van der Waals surface area contributed by atoms with Crippen molar-refractivity contribution in [2.45, 2.75) is 13.0 Å². The van der Waals surface area contributed by atoms with Crippen LogP contribution in [0.5, 0.6) is 11.5 Å². The van der Waals surface area contributed by atoms with Gasteiger partial charge in [-0.25, -0.2) is 4.98 Å². The van der Waals surface area contributed by atoms with Crippen LogP contribution in [0.2, 0.25) is 0 Å². The second kappa shape index (κ2) is 8.97. The Kier molecular flexibility index (Phi) is 5.93. The van der Waals surface area contributed by atoms with Crippen LogP contribution in [0.4, 0.5) is 0 Å². The molecule has 4 rings (SSSR count). The molecule has 8 heteroatoms. The highest BCUT2D eigenvalue weighted by Gasteiger charge is 2.13. The molecule has 3 heterocycles. The van der Waals surface area contributed by atoms with Crippen LogP contribution in [-0.4, -0.2) is 39.9 Å². The second-order valence-corrected chi connectivity index (χ2v) is 7.41. The van der Waals surface area contributed by atoms with Crippen molar-refractivity contribution in [3.05, 3.63) is 66.3 Å². The number of hydrogen-bond donors (Lipinski definition) is 2. The predicted octanol–water partition coefficient (Wildman–Crippen LogP) is 3.87.